The van der Waals surface area contributed by atoms with Crippen LogP contribution in [0, 0.1) is 0 Å². The summed E-state index contributed by atoms with van der Waals surface area (Å²) in [5.74, 6) is -1.76. The van der Waals surface area contributed by atoms with Crippen molar-refractivity contribution in [2.45, 2.75) is 12.6 Å². The number of halogens is 3. The molecule has 0 aliphatic carbocycles. The van der Waals surface area contributed by atoms with E-state index in [1.54, 1.807) is 5.32 Å². The first-order chi connectivity index (χ1) is 6.89. The van der Waals surface area contributed by atoms with Crippen LogP contribution in [-0.4, -0.2) is 28.6 Å². The van der Waals surface area contributed by atoms with E-state index < -0.39 is 12.1 Å². The lowest BCUT2D eigenvalue weighted by molar-refractivity contribution is -0.173. The van der Waals surface area contributed by atoms with Crippen LogP contribution in [0.4, 0.5) is 19.1 Å². The molecule has 0 spiro atoms. The Morgan fingerprint density at radius 2 is 2.27 bits per heavy atom. The van der Waals surface area contributed by atoms with Crippen molar-refractivity contribution in [2.24, 2.45) is 0 Å². The van der Waals surface area contributed by atoms with E-state index in [1.165, 1.54) is 6.20 Å². The van der Waals surface area contributed by atoms with E-state index in [9.17, 15) is 18.0 Å². The molecule has 1 aromatic rings. The van der Waals surface area contributed by atoms with Gasteiger partial charge in [0.05, 0.1) is 6.20 Å². The van der Waals surface area contributed by atoms with Gasteiger partial charge >= 0.3 is 12.1 Å². The number of carbonyl (C=O) groups is 1. The summed E-state index contributed by atoms with van der Waals surface area (Å²) in [5, 5.41) is 1.73. The summed E-state index contributed by atoms with van der Waals surface area (Å²) >= 11 is 0. The Morgan fingerprint density at radius 1 is 1.60 bits per heavy atom. The molecule has 0 bridgehead atoms. The molecule has 5 nitrogen and oxygen atoms in total. The van der Waals surface area contributed by atoms with E-state index in [0.717, 1.165) is 0 Å². The summed E-state index contributed by atoms with van der Waals surface area (Å²) in [6.07, 6.45) is -3.23. The van der Waals surface area contributed by atoms with Crippen LogP contribution in [0.3, 0.4) is 0 Å². The monoisotopic (exact) mass is 222 g/mol. The fourth-order valence-electron chi connectivity index (χ4n) is 0.914. The summed E-state index contributed by atoms with van der Waals surface area (Å²) in [6, 6.07) is 0. The van der Waals surface area contributed by atoms with E-state index in [-0.39, 0.29) is 18.9 Å². The van der Waals surface area contributed by atoms with Crippen LogP contribution in [0.15, 0.2) is 6.20 Å². The van der Waals surface area contributed by atoms with Gasteiger partial charge in [-0.25, -0.2) is 4.98 Å². The van der Waals surface area contributed by atoms with Gasteiger partial charge in [-0.3, -0.25) is 4.79 Å². The Balaban J connectivity index is 2.31. The molecule has 0 saturated carbocycles. The number of nitrogen functional groups attached to an aromatic ring is 1. The van der Waals surface area contributed by atoms with E-state index in [4.69, 9.17) is 5.73 Å². The second-order valence-electron chi connectivity index (χ2n) is 2.80. The van der Waals surface area contributed by atoms with Crippen molar-refractivity contribution in [1.82, 2.24) is 15.3 Å². The molecule has 0 unspecified atom stereocenters. The first-order valence-electron chi connectivity index (χ1n) is 4.04. The van der Waals surface area contributed by atoms with Crippen LogP contribution in [0.25, 0.3) is 0 Å². The zero-order chi connectivity index (χ0) is 11.5. The number of hydrogen-bond donors (Lipinski definition) is 3. The van der Waals surface area contributed by atoms with Crippen LogP contribution < -0.4 is 11.1 Å². The van der Waals surface area contributed by atoms with Gasteiger partial charge in [0.25, 0.3) is 0 Å². The maximum absolute atomic E-state index is 11.7. The Bertz CT molecular complexity index is 346. The number of aromatic amines is 1. The second kappa shape index (κ2) is 4.20. The molecule has 15 heavy (non-hydrogen) atoms. The minimum atomic E-state index is -4.84. The van der Waals surface area contributed by atoms with Crippen molar-refractivity contribution in [3.8, 4) is 0 Å². The summed E-state index contributed by atoms with van der Waals surface area (Å²) < 4.78 is 35.2. The summed E-state index contributed by atoms with van der Waals surface area (Å²) in [6.45, 7) is -0.125. The highest BCUT2D eigenvalue weighted by Crippen LogP contribution is 2.13. The highest BCUT2D eigenvalue weighted by molar-refractivity contribution is 5.81. The number of aromatic nitrogens is 2. The third-order valence-electron chi connectivity index (χ3n) is 1.59. The Kier molecular flexibility index (Phi) is 3.17. The van der Waals surface area contributed by atoms with Crippen molar-refractivity contribution >= 4 is 11.9 Å². The van der Waals surface area contributed by atoms with Crippen LogP contribution >= 0.6 is 0 Å². The maximum Gasteiger partial charge on any atom is 0.471 e. The molecule has 1 aromatic heterocycles. The Labute approximate surface area is 82.9 Å². The summed E-state index contributed by atoms with van der Waals surface area (Å²) in [5.41, 5.74) is 5.81. The fourth-order valence-corrected chi connectivity index (χ4v) is 0.914. The molecule has 0 radical (unpaired) electrons. The normalized spacial score (nSPS) is 11.4. The molecule has 8 heteroatoms. The average Bonchev–Trinajstić information content (AvgIpc) is 2.49. The third kappa shape index (κ3) is 3.49. The molecule has 1 rings (SSSR count). The number of carbonyl (C=O) groups excluding carboxylic acids is 1. The van der Waals surface area contributed by atoms with Gasteiger partial charge in [0.15, 0.2) is 5.95 Å². The topological polar surface area (TPSA) is 83.8 Å². The smallest absolute Gasteiger partial charge is 0.369 e. The Hall–Kier alpha value is -1.73. The van der Waals surface area contributed by atoms with E-state index in [2.05, 4.69) is 9.97 Å². The molecule has 1 amide bonds. The van der Waals surface area contributed by atoms with Gasteiger partial charge in [0, 0.05) is 18.7 Å². The van der Waals surface area contributed by atoms with Crippen LogP contribution in [0.5, 0.6) is 0 Å². The van der Waals surface area contributed by atoms with Gasteiger partial charge in [-0.05, 0) is 0 Å². The van der Waals surface area contributed by atoms with Gasteiger partial charge in [0.1, 0.15) is 0 Å². The Morgan fingerprint density at radius 3 is 2.73 bits per heavy atom. The van der Waals surface area contributed by atoms with Crippen molar-refractivity contribution in [3.05, 3.63) is 11.9 Å². The zero-order valence-electron chi connectivity index (χ0n) is 7.56. The predicted molar refractivity (Wildman–Crippen MR) is 45.8 cm³/mol. The molecular formula is C7H9F3N4O. The van der Waals surface area contributed by atoms with Crippen molar-refractivity contribution in [3.63, 3.8) is 0 Å². The lowest BCUT2D eigenvalue weighted by Gasteiger charge is -2.06. The molecule has 4 N–H and O–H groups in total. The number of alkyl halides is 3. The predicted octanol–water partition coefficient (Wildman–Crippen LogP) is 0.213. The number of hydrogen-bond acceptors (Lipinski definition) is 3. The first kappa shape index (κ1) is 11.3. The van der Waals surface area contributed by atoms with Gasteiger partial charge in [0.2, 0.25) is 0 Å². The molecular weight excluding hydrogens is 213 g/mol. The van der Waals surface area contributed by atoms with Crippen molar-refractivity contribution < 1.29 is 18.0 Å². The second-order valence-corrected chi connectivity index (χ2v) is 2.80. The van der Waals surface area contributed by atoms with Gasteiger partial charge in [-0.1, -0.05) is 0 Å². The standard InChI is InChI=1S/C7H9F3N4O/c8-7(9,10)5(15)12-2-1-4-3-13-6(11)14-4/h3H,1-2H2,(H,12,15)(H3,11,13,14). The number of anilines is 1. The van der Waals surface area contributed by atoms with Crippen LogP contribution in [0.2, 0.25) is 0 Å². The molecule has 84 valence electrons. The zero-order valence-corrected chi connectivity index (χ0v) is 7.56. The fraction of sp³-hybridized carbons (Fsp3) is 0.429. The quantitative estimate of drug-likeness (QED) is 0.683. The van der Waals surface area contributed by atoms with Gasteiger partial charge < -0.3 is 16.0 Å². The van der Waals surface area contributed by atoms with Crippen LogP contribution in [0.1, 0.15) is 5.69 Å². The molecule has 0 atom stereocenters. The minimum Gasteiger partial charge on any atom is -0.369 e. The summed E-state index contributed by atoms with van der Waals surface area (Å²) in [4.78, 5) is 16.6. The lowest BCUT2D eigenvalue weighted by Crippen LogP contribution is -2.37. The number of amides is 1. The van der Waals surface area contributed by atoms with Crippen molar-refractivity contribution in [1.29, 1.82) is 0 Å². The van der Waals surface area contributed by atoms with Crippen molar-refractivity contribution in [2.75, 3.05) is 12.3 Å². The number of imidazole rings is 1. The third-order valence-corrected chi connectivity index (χ3v) is 1.59. The number of nitrogens with two attached hydrogens (primary N) is 1. The first-order valence-corrected chi connectivity index (χ1v) is 4.04. The maximum atomic E-state index is 11.7. The largest absolute Gasteiger partial charge is 0.471 e. The van der Waals surface area contributed by atoms with E-state index in [1.807, 2.05) is 0 Å². The highest BCUT2D eigenvalue weighted by Gasteiger charge is 2.38. The average molecular weight is 222 g/mol. The van der Waals surface area contributed by atoms with E-state index >= 15 is 0 Å². The van der Waals surface area contributed by atoms with Crippen LogP contribution in [-0.2, 0) is 11.2 Å². The number of rotatable bonds is 3. The number of H-pyrrole nitrogens is 1. The molecule has 0 aliphatic heterocycles. The number of nitrogens with zero attached hydrogens (tertiary/aromatic N) is 1. The van der Waals surface area contributed by atoms with Gasteiger partial charge in [-0.15, -0.1) is 0 Å². The SMILES string of the molecule is Nc1ncc(CCNC(=O)C(F)(F)F)[nH]1. The summed E-state index contributed by atoms with van der Waals surface area (Å²) in [7, 11) is 0. The molecule has 1 heterocycles. The molecule has 0 saturated heterocycles. The van der Waals surface area contributed by atoms with E-state index in [0.29, 0.717) is 5.69 Å². The lowest BCUT2D eigenvalue weighted by atomic mass is 10.3. The highest BCUT2D eigenvalue weighted by atomic mass is 19.4. The molecule has 0 fully saturated rings. The number of nitrogens with one attached hydrogen (secondary N) is 2. The molecule has 0 aliphatic rings. The molecule has 0 aromatic carbocycles. The minimum absolute atomic E-state index is 0.125. The van der Waals surface area contributed by atoms with Gasteiger partial charge in [-0.2, -0.15) is 13.2 Å².